The van der Waals surface area contributed by atoms with Gasteiger partial charge in [0, 0.05) is 12.1 Å². The monoisotopic (exact) mass is 263 g/mol. The fraction of sp³-hybridized carbons (Fsp3) is 0.647. The van der Waals surface area contributed by atoms with Crippen LogP contribution in [0.25, 0.3) is 0 Å². The van der Waals surface area contributed by atoms with Crippen LogP contribution in [-0.2, 0) is 6.54 Å². The summed E-state index contributed by atoms with van der Waals surface area (Å²) in [6, 6.07) is 6.36. The van der Waals surface area contributed by atoms with E-state index in [9.17, 15) is 0 Å². The second kappa shape index (κ2) is 9.85. The Kier molecular flexibility index (Phi) is 8.31. The van der Waals surface area contributed by atoms with Gasteiger partial charge in [-0.1, -0.05) is 57.2 Å². The minimum Gasteiger partial charge on any atom is -0.493 e. The van der Waals surface area contributed by atoms with Gasteiger partial charge < -0.3 is 10.1 Å². The van der Waals surface area contributed by atoms with Crippen LogP contribution < -0.4 is 10.1 Å². The predicted octanol–water partition coefficient (Wildman–Crippen LogP) is 4.45. The van der Waals surface area contributed by atoms with Crippen LogP contribution in [-0.4, -0.2) is 13.7 Å². The summed E-state index contributed by atoms with van der Waals surface area (Å²) in [7, 11) is 1.97. The Morgan fingerprint density at radius 2 is 1.79 bits per heavy atom. The van der Waals surface area contributed by atoms with Gasteiger partial charge in [0.05, 0.1) is 6.61 Å². The standard InChI is InChI=1S/C17H29NO/c1-4-5-6-7-8-9-13-19-17-15(2)11-10-12-16(17)14-18-3/h10-12,18H,4-9,13-14H2,1-3H3. The quantitative estimate of drug-likeness (QED) is 0.630. The number of unbranched alkanes of at least 4 members (excludes halogenated alkanes) is 5. The van der Waals surface area contributed by atoms with Crippen molar-refractivity contribution in [1.82, 2.24) is 5.32 Å². The molecule has 2 heteroatoms. The van der Waals surface area contributed by atoms with E-state index in [2.05, 4.69) is 37.4 Å². The molecular formula is C17H29NO. The summed E-state index contributed by atoms with van der Waals surface area (Å²) in [4.78, 5) is 0. The molecule has 1 N–H and O–H groups in total. The summed E-state index contributed by atoms with van der Waals surface area (Å²) in [5, 5.41) is 3.20. The molecule has 0 amide bonds. The maximum atomic E-state index is 5.99. The van der Waals surface area contributed by atoms with Crippen molar-refractivity contribution < 1.29 is 4.74 Å². The zero-order valence-electron chi connectivity index (χ0n) is 12.8. The van der Waals surface area contributed by atoms with Gasteiger partial charge in [-0.2, -0.15) is 0 Å². The second-order valence-electron chi connectivity index (χ2n) is 5.21. The third kappa shape index (κ3) is 6.11. The molecule has 0 unspecified atom stereocenters. The largest absolute Gasteiger partial charge is 0.493 e. The highest BCUT2D eigenvalue weighted by Crippen LogP contribution is 2.23. The Labute approximate surface area is 118 Å². The van der Waals surface area contributed by atoms with E-state index in [0.717, 1.165) is 25.3 Å². The predicted molar refractivity (Wildman–Crippen MR) is 82.8 cm³/mol. The Balaban J connectivity index is 2.32. The van der Waals surface area contributed by atoms with Crippen LogP contribution in [0, 0.1) is 6.92 Å². The summed E-state index contributed by atoms with van der Waals surface area (Å²) in [5.41, 5.74) is 2.49. The zero-order valence-corrected chi connectivity index (χ0v) is 12.8. The number of benzene rings is 1. The number of ether oxygens (including phenoxy) is 1. The normalized spacial score (nSPS) is 10.7. The van der Waals surface area contributed by atoms with Crippen LogP contribution in [0.15, 0.2) is 18.2 Å². The van der Waals surface area contributed by atoms with Crippen LogP contribution in [0.5, 0.6) is 5.75 Å². The van der Waals surface area contributed by atoms with Gasteiger partial charge in [-0.15, -0.1) is 0 Å². The number of para-hydroxylation sites is 1. The van der Waals surface area contributed by atoms with E-state index in [1.54, 1.807) is 0 Å². The maximum Gasteiger partial charge on any atom is 0.126 e. The Bertz CT molecular complexity index is 349. The highest BCUT2D eigenvalue weighted by molar-refractivity contribution is 5.40. The average Bonchev–Trinajstić information content (AvgIpc) is 2.41. The van der Waals surface area contributed by atoms with Crippen molar-refractivity contribution in [2.45, 2.75) is 58.9 Å². The summed E-state index contributed by atoms with van der Waals surface area (Å²) < 4.78 is 5.99. The zero-order chi connectivity index (χ0) is 13.9. The summed E-state index contributed by atoms with van der Waals surface area (Å²) in [6.07, 6.45) is 7.84. The van der Waals surface area contributed by atoms with E-state index in [1.807, 2.05) is 7.05 Å². The van der Waals surface area contributed by atoms with E-state index >= 15 is 0 Å². The topological polar surface area (TPSA) is 21.3 Å². The molecule has 108 valence electrons. The van der Waals surface area contributed by atoms with E-state index in [1.165, 1.54) is 43.2 Å². The number of nitrogens with one attached hydrogen (secondary N) is 1. The fourth-order valence-corrected chi connectivity index (χ4v) is 2.31. The molecule has 1 aromatic rings. The SMILES string of the molecule is CCCCCCCCOc1c(C)cccc1CNC. The Morgan fingerprint density at radius 1 is 1.05 bits per heavy atom. The van der Waals surface area contributed by atoms with Gasteiger partial charge in [-0.05, 0) is 26.0 Å². The van der Waals surface area contributed by atoms with E-state index in [-0.39, 0.29) is 0 Å². The highest BCUT2D eigenvalue weighted by Gasteiger charge is 2.05. The third-order valence-electron chi connectivity index (χ3n) is 3.40. The average molecular weight is 263 g/mol. The molecule has 0 bridgehead atoms. The molecule has 0 spiro atoms. The van der Waals surface area contributed by atoms with Crippen molar-refractivity contribution in [2.24, 2.45) is 0 Å². The van der Waals surface area contributed by atoms with E-state index in [4.69, 9.17) is 4.74 Å². The minimum atomic E-state index is 0.841. The molecule has 0 heterocycles. The molecule has 1 aromatic carbocycles. The molecule has 0 aliphatic carbocycles. The van der Waals surface area contributed by atoms with E-state index in [0.29, 0.717) is 0 Å². The number of aryl methyl sites for hydroxylation is 1. The van der Waals surface area contributed by atoms with Crippen molar-refractivity contribution in [3.63, 3.8) is 0 Å². The Morgan fingerprint density at radius 3 is 2.53 bits per heavy atom. The molecule has 0 radical (unpaired) electrons. The summed E-state index contributed by atoms with van der Waals surface area (Å²) >= 11 is 0. The van der Waals surface area contributed by atoms with Crippen LogP contribution in [0.1, 0.15) is 56.6 Å². The molecule has 0 saturated carbocycles. The van der Waals surface area contributed by atoms with Gasteiger partial charge in [-0.3, -0.25) is 0 Å². The lowest BCUT2D eigenvalue weighted by Crippen LogP contribution is -2.09. The maximum absolute atomic E-state index is 5.99. The summed E-state index contributed by atoms with van der Waals surface area (Å²) in [6.45, 7) is 6.08. The molecule has 0 atom stereocenters. The lowest BCUT2D eigenvalue weighted by Gasteiger charge is -2.14. The molecule has 0 aliphatic rings. The summed E-state index contributed by atoms with van der Waals surface area (Å²) in [5.74, 6) is 1.07. The van der Waals surface area contributed by atoms with Crippen LogP contribution >= 0.6 is 0 Å². The highest BCUT2D eigenvalue weighted by atomic mass is 16.5. The van der Waals surface area contributed by atoms with Gasteiger partial charge in [-0.25, -0.2) is 0 Å². The number of hydrogen-bond acceptors (Lipinski definition) is 2. The van der Waals surface area contributed by atoms with Crippen molar-refractivity contribution in [1.29, 1.82) is 0 Å². The van der Waals surface area contributed by atoms with Crippen LogP contribution in [0.2, 0.25) is 0 Å². The molecule has 0 aliphatic heterocycles. The van der Waals surface area contributed by atoms with Gasteiger partial charge in [0.1, 0.15) is 5.75 Å². The van der Waals surface area contributed by atoms with Crippen LogP contribution in [0.4, 0.5) is 0 Å². The van der Waals surface area contributed by atoms with Gasteiger partial charge in [0.25, 0.3) is 0 Å². The van der Waals surface area contributed by atoms with E-state index < -0.39 is 0 Å². The first-order chi connectivity index (χ1) is 9.29. The lowest BCUT2D eigenvalue weighted by atomic mass is 10.1. The fourth-order valence-electron chi connectivity index (χ4n) is 2.31. The van der Waals surface area contributed by atoms with Crippen molar-refractivity contribution in [2.75, 3.05) is 13.7 Å². The number of hydrogen-bond donors (Lipinski definition) is 1. The first kappa shape index (κ1) is 16.0. The van der Waals surface area contributed by atoms with Crippen molar-refractivity contribution in [3.05, 3.63) is 29.3 Å². The van der Waals surface area contributed by atoms with Crippen LogP contribution in [0.3, 0.4) is 0 Å². The molecule has 1 rings (SSSR count). The first-order valence-electron chi connectivity index (χ1n) is 7.65. The van der Waals surface area contributed by atoms with Gasteiger partial charge in [0.15, 0.2) is 0 Å². The first-order valence-corrected chi connectivity index (χ1v) is 7.65. The molecule has 2 nitrogen and oxygen atoms in total. The Hall–Kier alpha value is -1.02. The molecule has 0 fully saturated rings. The lowest BCUT2D eigenvalue weighted by molar-refractivity contribution is 0.299. The molecule has 0 saturated heterocycles. The molecular weight excluding hydrogens is 234 g/mol. The van der Waals surface area contributed by atoms with Gasteiger partial charge in [0.2, 0.25) is 0 Å². The number of rotatable bonds is 10. The second-order valence-corrected chi connectivity index (χ2v) is 5.21. The van der Waals surface area contributed by atoms with Gasteiger partial charge >= 0.3 is 0 Å². The third-order valence-corrected chi connectivity index (χ3v) is 3.40. The smallest absolute Gasteiger partial charge is 0.126 e. The van der Waals surface area contributed by atoms with Crippen molar-refractivity contribution in [3.8, 4) is 5.75 Å². The van der Waals surface area contributed by atoms with Crippen molar-refractivity contribution >= 4 is 0 Å². The molecule has 19 heavy (non-hydrogen) atoms. The molecule has 0 aromatic heterocycles. The minimum absolute atomic E-state index is 0.841.